The second kappa shape index (κ2) is 8.84. The minimum Gasteiger partial charge on any atom is -0.358 e. The van der Waals surface area contributed by atoms with Crippen LogP contribution in [-0.4, -0.2) is 34.7 Å². The number of hydrogen-bond donors (Lipinski definition) is 1. The van der Waals surface area contributed by atoms with Crippen LogP contribution in [0.15, 0.2) is 60.9 Å². The number of pyridine rings is 1. The van der Waals surface area contributed by atoms with Crippen LogP contribution in [0.4, 0.5) is 10.2 Å². The molecule has 3 rings (SSSR count). The van der Waals surface area contributed by atoms with Crippen LogP contribution in [0.3, 0.4) is 0 Å². The zero-order valence-corrected chi connectivity index (χ0v) is 15.0. The molecule has 27 heavy (non-hydrogen) atoms. The van der Waals surface area contributed by atoms with E-state index in [9.17, 15) is 9.18 Å². The maximum atomic E-state index is 12.9. The first kappa shape index (κ1) is 18.4. The monoisotopic (exact) mass is 365 g/mol. The topological polar surface area (TPSA) is 71.0 Å². The average Bonchev–Trinajstić information content (AvgIpc) is 2.72. The predicted molar refractivity (Wildman–Crippen MR) is 101 cm³/mol. The molecule has 1 aromatic carbocycles. The molecule has 0 atom stereocenters. The van der Waals surface area contributed by atoms with Gasteiger partial charge in [-0.25, -0.2) is 4.39 Å². The Kier molecular flexibility index (Phi) is 6.04. The summed E-state index contributed by atoms with van der Waals surface area (Å²) in [5.41, 5.74) is 2.25. The van der Waals surface area contributed by atoms with Crippen molar-refractivity contribution in [3.8, 4) is 0 Å². The lowest BCUT2D eigenvalue weighted by Gasteiger charge is -2.17. The summed E-state index contributed by atoms with van der Waals surface area (Å²) in [4.78, 5) is 18.2. The maximum absolute atomic E-state index is 12.9. The Bertz CT molecular complexity index is 869. The van der Waals surface area contributed by atoms with Gasteiger partial charge in [0.1, 0.15) is 5.82 Å². The quantitative estimate of drug-likeness (QED) is 0.697. The van der Waals surface area contributed by atoms with E-state index >= 15 is 0 Å². The number of amides is 1. The summed E-state index contributed by atoms with van der Waals surface area (Å²) in [6, 6.07) is 13.3. The SMILES string of the molecule is CN(CCc1ccncc1)c1ccc(C(=O)NCc2ccc(F)cc2)nn1. The Labute approximate surface area is 157 Å². The fourth-order valence-electron chi connectivity index (χ4n) is 2.49. The first-order valence-corrected chi connectivity index (χ1v) is 8.58. The Morgan fingerprint density at radius 1 is 1.00 bits per heavy atom. The maximum Gasteiger partial charge on any atom is 0.272 e. The lowest BCUT2D eigenvalue weighted by atomic mass is 10.2. The van der Waals surface area contributed by atoms with Crippen molar-refractivity contribution < 1.29 is 9.18 Å². The molecule has 0 saturated carbocycles. The van der Waals surface area contributed by atoms with Crippen molar-refractivity contribution in [3.05, 3.63) is 83.6 Å². The van der Waals surface area contributed by atoms with E-state index in [1.54, 1.807) is 36.7 Å². The van der Waals surface area contributed by atoms with E-state index in [4.69, 9.17) is 0 Å². The standard InChI is InChI=1S/C20H20FN5O/c1-26(13-10-15-8-11-22-12-9-15)19-7-6-18(24-25-19)20(27)23-14-16-2-4-17(21)5-3-16/h2-9,11-12H,10,13-14H2,1H3,(H,23,27). The molecule has 0 fully saturated rings. The third-order valence-electron chi connectivity index (χ3n) is 4.13. The number of carbonyl (C=O) groups is 1. The van der Waals surface area contributed by atoms with Crippen LogP contribution in [0.2, 0.25) is 0 Å². The lowest BCUT2D eigenvalue weighted by Crippen LogP contribution is -2.25. The van der Waals surface area contributed by atoms with Gasteiger partial charge in [-0.15, -0.1) is 10.2 Å². The second-order valence-electron chi connectivity index (χ2n) is 6.11. The largest absolute Gasteiger partial charge is 0.358 e. The van der Waals surface area contributed by atoms with E-state index in [0.29, 0.717) is 12.4 Å². The normalized spacial score (nSPS) is 10.4. The zero-order valence-electron chi connectivity index (χ0n) is 15.0. The van der Waals surface area contributed by atoms with Crippen LogP contribution in [0.5, 0.6) is 0 Å². The summed E-state index contributed by atoms with van der Waals surface area (Å²) in [6.07, 6.45) is 4.41. The van der Waals surface area contributed by atoms with E-state index in [1.165, 1.54) is 17.7 Å². The third-order valence-corrected chi connectivity index (χ3v) is 4.13. The molecule has 1 amide bonds. The number of anilines is 1. The molecule has 7 heteroatoms. The fraction of sp³-hybridized carbons (Fsp3) is 0.200. The van der Waals surface area contributed by atoms with Crippen LogP contribution in [-0.2, 0) is 13.0 Å². The van der Waals surface area contributed by atoms with Crippen LogP contribution >= 0.6 is 0 Å². The molecule has 2 heterocycles. The highest BCUT2D eigenvalue weighted by molar-refractivity contribution is 5.92. The summed E-state index contributed by atoms with van der Waals surface area (Å²) in [5, 5.41) is 10.9. The van der Waals surface area contributed by atoms with Crippen molar-refractivity contribution in [2.75, 3.05) is 18.5 Å². The van der Waals surface area contributed by atoms with Crippen LogP contribution in [0.1, 0.15) is 21.6 Å². The van der Waals surface area contributed by atoms with Crippen molar-refractivity contribution in [2.45, 2.75) is 13.0 Å². The predicted octanol–water partition coefficient (Wildman–Crippen LogP) is 2.62. The molecule has 1 N–H and O–H groups in total. The minimum atomic E-state index is -0.321. The molecular weight excluding hydrogens is 345 g/mol. The Balaban J connectivity index is 1.52. The number of likely N-dealkylation sites (N-methyl/N-ethyl adjacent to an activating group) is 1. The molecular formula is C20H20FN5O. The smallest absolute Gasteiger partial charge is 0.272 e. The van der Waals surface area contributed by atoms with Gasteiger partial charge in [0.05, 0.1) is 0 Å². The van der Waals surface area contributed by atoms with Crippen molar-refractivity contribution in [1.29, 1.82) is 0 Å². The van der Waals surface area contributed by atoms with Gasteiger partial charge in [0.25, 0.3) is 5.91 Å². The summed E-state index contributed by atoms with van der Waals surface area (Å²) >= 11 is 0. The molecule has 0 bridgehead atoms. The fourth-order valence-corrected chi connectivity index (χ4v) is 2.49. The average molecular weight is 365 g/mol. The van der Waals surface area contributed by atoms with Crippen molar-refractivity contribution in [3.63, 3.8) is 0 Å². The first-order chi connectivity index (χ1) is 13.1. The van der Waals surface area contributed by atoms with E-state index in [2.05, 4.69) is 20.5 Å². The van der Waals surface area contributed by atoms with Gasteiger partial charge in [-0.3, -0.25) is 9.78 Å². The highest BCUT2D eigenvalue weighted by Gasteiger charge is 2.10. The zero-order chi connectivity index (χ0) is 19.1. The van der Waals surface area contributed by atoms with E-state index < -0.39 is 0 Å². The van der Waals surface area contributed by atoms with Gasteiger partial charge in [-0.05, 0) is 53.9 Å². The van der Waals surface area contributed by atoms with Gasteiger partial charge in [-0.2, -0.15) is 0 Å². The van der Waals surface area contributed by atoms with Gasteiger partial charge >= 0.3 is 0 Å². The minimum absolute atomic E-state index is 0.239. The van der Waals surface area contributed by atoms with Crippen molar-refractivity contribution >= 4 is 11.7 Å². The Morgan fingerprint density at radius 2 is 1.74 bits per heavy atom. The van der Waals surface area contributed by atoms with E-state index in [-0.39, 0.29) is 17.4 Å². The number of hydrogen-bond acceptors (Lipinski definition) is 5. The number of halogens is 1. The first-order valence-electron chi connectivity index (χ1n) is 8.58. The molecule has 3 aromatic rings. The second-order valence-corrected chi connectivity index (χ2v) is 6.11. The van der Waals surface area contributed by atoms with Gasteiger partial charge in [-0.1, -0.05) is 12.1 Å². The highest BCUT2D eigenvalue weighted by atomic mass is 19.1. The van der Waals surface area contributed by atoms with Gasteiger partial charge < -0.3 is 10.2 Å². The molecule has 0 aliphatic heterocycles. The molecule has 0 spiro atoms. The van der Waals surface area contributed by atoms with E-state index in [0.717, 1.165) is 18.5 Å². The number of carbonyl (C=O) groups excluding carboxylic acids is 1. The number of aromatic nitrogens is 3. The van der Waals surface area contributed by atoms with Gasteiger partial charge in [0.2, 0.25) is 0 Å². The van der Waals surface area contributed by atoms with Crippen molar-refractivity contribution in [1.82, 2.24) is 20.5 Å². The Morgan fingerprint density at radius 3 is 2.41 bits per heavy atom. The number of nitrogens with one attached hydrogen (secondary N) is 1. The number of rotatable bonds is 7. The van der Waals surface area contributed by atoms with Crippen LogP contribution < -0.4 is 10.2 Å². The molecule has 0 unspecified atom stereocenters. The molecule has 6 nitrogen and oxygen atoms in total. The molecule has 138 valence electrons. The van der Waals surface area contributed by atoms with Crippen LogP contribution in [0.25, 0.3) is 0 Å². The highest BCUT2D eigenvalue weighted by Crippen LogP contribution is 2.09. The lowest BCUT2D eigenvalue weighted by molar-refractivity contribution is 0.0945. The summed E-state index contributed by atoms with van der Waals surface area (Å²) in [6.45, 7) is 1.07. The molecule has 2 aromatic heterocycles. The number of benzene rings is 1. The van der Waals surface area contributed by atoms with Crippen LogP contribution in [0, 0.1) is 5.82 Å². The van der Waals surface area contributed by atoms with Gasteiger partial charge in [0.15, 0.2) is 11.5 Å². The third kappa shape index (κ3) is 5.31. The molecule has 0 aliphatic rings. The number of nitrogens with zero attached hydrogens (tertiary/aromatic N) is 4. The summed E-state index contributed by atoms with van der Waals surface area (Å²) in [7, 11) is 1.93. The van der Waals surface area contributed by atoms with Crippen molar-refractivity contribution in [2.24, 2.45) is 0 Å². The molecule has 0 saturated heterocycles. The molecule has 0 aliphatic carbocycles. The Hall–Kier alpha value is -3.35. The van der Waals surface area contributed by atoms with E-state index in [1.807, 2.05) is 24.1 Å². The summed E-state index contributed by atoms with van der Waals surface area (Å²) in [5.74, 6) is 0.0662. The molecule has 0 radical (unpaired) electrons. The van der Waals surface area contributed by atoms with Gasteiger partial charge in [0, 0.05) is 32.5 Å². The summed E-state index contributed by atoms with van der Waals surface area (Å²) < 4.78 is 12.9.